The molecule has 0 aromatic carbocycles. The zero-order valence-corrected chi connectivity index (χ0v) is 7.57. The number of H-pyrrole nitrogens is 1. The Balaban J connectivity index is 2.49. The van der Waals surface area contributed by atoms with Gasteiger partial charge in [0.1, 0.15) is 0 Å². The lowest BCUT2D eigenvalue weighted by Crippen LogP contribution is -2.11. The van der Waals surface area contributed by atoms with Crippen LogP contribution < -0.4 is 0 Å². The normalized spacial score (nSPS) is 10.4. The van der Waals surface area contributed by atoms with Crippen LogP contribution in [0.3, 0.4) is 0 Å². The zero-order valence-electron chi connectivity index (χ0n) is 7.57. The number of nitrogens with one attached hydrogen (secondary N) is 1. The Bertz CT molecular complexity index is 293. The molecule has 0 radical (unpaired) electrons. The fourth-order valence-corrected chi connectivity index (χ4v) is 0.726. The largest absolute Gasteiger partial charge is 0.493 e. The molecule has 0 atom stereocenters. The Morgan fingerprint density at radius 1 is 1.77 bits per heavy atom. The van der Waals surface area contributed by atoms with E-state index in [9.17, 15) is 4.79 Å². The Hall–Kier alpha value is -1.52. The molecular weight excluding hydrogens is 172 g/mol. The SMILES string of the molecule is CC(C)COC(=O)c1ncc(O)[nH]1. The van der Waals surface area contributed by atoms with Gasteiger partial charge in [0.2, 0.25) is 11.7 Å². The maximum Gasteiger partial charge on any atom is 0.374 e. The van der Waals surface area contributed by atoms with E-state index in [1.807, 2.05) is 13.8 Å². The van der Waals surface area contributed by atoms with Gasteiger partial charge in [0.25, 0.3) is 0 Å². The number of aromatic hydroxyl groups is 1. The second-order valence-electron chi connectivity index (χ2n) is 3.11. The van der Waals surface area contributed by atoms with E-state index in [-0.39, 0.29) is 17.6 Å². The van der Waals surface area contributed by atoms with Crippen molar-refractivity contribution in [3.8, 4) is 5.88 Å². The quantitative estimate of drug-likeness (QED) is 0.685. The van der Waals surface area contributed by atoms with Crippen molar-refractivity contribution in [3.63, 3.8) is 0 Å². The molecular formula is C8H12N2O3. The molecule has 0 aliphatic carbocycles. The van der Waals surface area contributed by atoms with Gasteiger partial charge in [-0.25, -0.2) is 9.78 Å². The van der Waals surface area contributed by atoms with Gasteiger partial charge in [0.05, 0.1) is 12.8 Å². The topological polar surface area (TPSA) is 75.2 Å². The van der Waals surface area contributed by atoms with E-state index in [2.05, 4.69) is 9.97 Å². The summed E-state index contributed by atoms with van der Waals surface area (Å²) in [7, 11) is 0. The third-order valence-corrected chi connectivity index (χ3v) is 1.30. The van der Waals surface area contributed by atoms with Crippen molar-refractivity contribution in [3.05, 3.63) is 12.0 Å². The summed E-state index contributed by atoms with van der Waals surface area (Å²) < 4.78 is 4.86. The third kappa shape index (κ3) is 2.77. The van der Waals surface area contributed by atoms with Crippen LogP contribution in [-0.4, -0.2) is 27.7 Å². The molecule has 13 heavy (non-hydrogen) atoms. The van der Waals surface area contributed by atoms with Gasteiger partial charge < -0.3 is 14.8 Å². The van der Waals surface area contributed by atoms with Crippen molar-refractivity contribution in [2.45, 2.75) is 13.8 Å². The molecule has 1 heterocycles. The maximum atomic E-state index is 11.1. The summed E-state index contributed by atoms with van der Waals surface area (Å²) in [4.78, 5) is 17.1. The van der Waals surface area contributed by atoms with Crippen LogP contribution in [0.4, 0.5) is 0 Å². The molecule has 0 amide bonds. The number of nitrogens with zero attached hydrogens (tertiary/aromatic N) is 1. The first kappa shape index (κ1) is 9.57. The summed E-state index contributed by atoms with van der Waals surface area (Å²) in [5.41, 5.74) is 0. The van der Waals surface area contributed by atoms with Crippen LogP contribution in [0.15, 0.2) is 6.20 Å². The Morgan fingerprint density at radius 3 is 2.92 bits per heavy atom. The number of ether oxygens (including phenoxy) is 1. The summed E-state index contributed by atoms with van der Waals surface area (Å²) in [6.07, 6.45) is 1.16. The molecule has 1 aromatic heterocycles. The molecule has 1 aromatic rings. The van der Waals surface area contributed by atoms with Gasteiger partial charge in [-0.2, -0.15) is 0 Å². The van der Waals surface area contributed by atoms with Crippen LogP contribution in [0.2, 0.25) is 0 Å². The van der Waals surface area contributed by atoms with E-state index < -0.39 is 5.97 Å². The minimum absolute atomic E-state index is 0.0261. The van der Waals surface area contributed by atoms with E-state index in [1.165, 1.54) is 0 Å². The third-order valence-electron chi connectivity index (χ3n) is 1.30. The first-order chi connectivity index (χ1) is 6.09. The highest BCUT2D eigenvalue weighted by molar-refractivity contribution is 5.85. The number of esters is 1. The van der Waals surface area contributed by atoms with E-state index >= 15 is 0 Å². The fourth-order valence-electron chi connectivity index (χ4n) is 0.726. The van der Waals surface area contributed by atoms with Crippen molar-refractivity contribution in [2.24, 2.45) is 5.92 Å². The van der Waals surface area contributed by atoms with Crippen LogP contribution in [-0.2, 0) is 4.74 Å². The molecule has 0 unspecified atom stereocenters. The number of carbonyl (C=O) groups is 1. The second kappa shape index (κ2) is 3.93. The fraction of sp³-hybridized carbons (Fsp3) is 0.500. The van der Waals surface area contributed by atoms with Crippen LogP contribution in [0, 0.1) is 5.92 Å². The number of hydrogen-bond donors (Lipinski definition) is 2. The number of rotatable bonds is 3. The lowest BCUT2D eigenvalue weighted by Gasteiger charge is -2.04. The van der Waals surface area contributed by atoms with Crippen molar-refractivity contribution in [1.82, 2.24) is 9.97 Å². The van der Waals surface area contributed by atoms with E-state index in [4.69, 9.17) is 9.84 Å². The van der Waals surface area contributed by atoms with Gasteiger partial charge >= 0.3 is 5.97 Å². The number of aromatic amines is 1. The lowest BCUT2D eigenvalue weighted by molar-refractivity contribution is 0.0445. The van der Waals surface area contributed by atoms with Crippen LogP contribution in [0.25, 0.3) is 0 Å². The molecule has 0 spiro atoms. The van der Waals surface area contributed by atoms with E-state index in [0.29, 0.717) is 6.61 Å². The number of hydrogen-bond acceptors (Lipinski definition) is 4. The molecule has 0 aliphatic rings. The maximum absolute atomic E-state index is 11.1. The summed E-state index contributed by atoms with van der Waals surface area (Å²) in [5, 5.41) is 8.85. The predicted molar refractivity (Wildman–Crippen MR) is 45.4 cm³/mol. The highest BCUT2D eigenvalue weighted by atomic mass is 16.5. The molecule has 0 fully saturated rings. The monoisotopic (exact) mass is 184 g/mol. The minimum atomic E-state index is -0.547. The number of imidazole rings is 1. The molecule has 0 saturated carbocycles. The van der Waals surface area contributed by atoms with Crippen molar-refractivity contribution in [1.29, 1.82) is 0 Å². The summed E-state index contributed by atoms with van der Waals surface area (Å²) in [5.74, 6) is -0.379. The summed E-state index contributed by atoms with van der Waals surface area (Å²) in [6.45, 7) is 4.22. The van der Waals surface area contributed by atoms with Gasteiger partial charge in [-0.05, 0) is 5.92 Å². The second-order valence-corrected chi connectivity index (χ2v) is 3.11. The number of carbonyl (C=O) groups excluding carboxylic acids is 1. The van der Waals surface area contributed by atoms with Gasteiger partial charge in [-0.3, -0.25) is 0 Å². The van der Waals surface area contributed by atoms with Crippen LogP contribution >= 0.6 is 0 Å². The molecule has 5 nitrogen and oxygen atoms in total. The minimum Gasteiger partial charge on any atom is -0.493 e. The standard InChI is InChI=1S/C8H12N2O3/c1-5(2)4-13-8(12)7-9-3-6(11)10-7/h3,5,11H,4H2,1-2H3,(H,9,10). The summed E-state index contributed by atoms with van der Waals surface area (Å²) in [6, 6.07) is 0. The molecule has 0 aliphatic heterocycles. The van der Waals surface area contributed by atoms with E-state index in [0.717, 1.165) is 6.20 Å². The Morgan fingerprint density at radius 2 is 2.46 bits per heavy atom. The molecule has 5 heteroatoms. The van der Waals surface area contributed by atoms with Gasteiger partial charge in [0.15, 0.2) is 0 Å². The van der Waals surface area contributed by atoms with Gasteiger partial charge in [-0.15, -0.1) is 0 Å². The van der Waals surface area contributed by atoms with E-state index in [1.54, 1.807) is 0 Å². The Labute approximate surface area is 75.8 Å². The molecule has 0 bridgehead atoms. The van der Waals surface area contributed by atoms with Crippen LogP contribution in [0.5, 0.6) is 5.88 Å². The number of aromatic nitrogens is 2. The van der Waals surface area contributed by atoms with Gasteiger partial charge in [0, 0.05) is 0 Å². The van der Waals surface area contributed by atoms with Crippen LogP contribution in [0.1, 0.15) is 24.5 Å². The summed E-state index contributed by atoms with van der Waals surface area (Å²) >= 11 is 0. The van der Waals surface area contributed by atoms with Crippen molar-refractivity contribution < 1.29 is 14.6 Å². The average molecular weight is 184 g/mol. The first-order valence-corrected chi connectivity index (χ1v) is 4.00. The molecule has 2 N–H and O–H groups in total. The lowest BCUT2D eigenvalue weighted by atomic mass is 10.2. The van der Waals surface area contributed by atoms with Gasteiger partial charge in [-0.1, -0.05) is 13.8 Å². The average Bonchev–Trinajstić information content (AvgIpc) is 2.47. The highest BCUT2D eigenvalue weighted by Crippen LogP contribution is 2.04. The molecule has 72 valence electrons. The van der Waals surface area contributed by atoms with Crippen molar-refractivity contribution in [2.75, 3.05) is 6.61 Å². The van der Waals surface area contributed by atoms with Crippen molar-refractivity contribution >= 4 is 5.97 Å². The predicted octanol–water partition coefficient (Wildman–Crippen LogP) is 0.928. The molecule has 0 saturated heterocycles. The zero-order chi connectivity index (χ0) is 9.84. The Kier molecular flexibility index (Phi) is 2.89. The smallest absolute Gasteiger partial charge is 0.374 e. The first-order valence-electron chi connectivity index (χ1n) is 4.00. The highest BCUT2D eigenvalue weighted by Gasteiger charge is 2.11. The molecule has 1 rings (SSSR count).